The number of carbonyl (C=O) groups is 1. The van der Waals surface area contributed by atoms with Crippen molar-refractivity contribution in [2.45, 2.75) is 26.3 Å². The Morgan fingerprint density at radius 3 is 2.56 bits per heavy atom. The van der Waals surface area contributed by atoms with Gasteiger partial charge in [-0.25, -0.2) is 0 Å². The number of nitrogens with one attached hydrogen (secondary N) is 2. The molecule has 1 unspecified atom stereocenters. The minimum Gasteiger partial charge on any atom is -0.493 e. The Morgan fingerprint density at radius 1 is 1.06 bits per heavy atom. The first-order chi connectivity index (χ1) is 15.6. The van der Waals surface area contributed by atoms with Crippen LogP contribution >= 0.6 is 0 Å². The van der Waals surface area contributed by atoms with Crippen molar-refractivity contribution >= 4 is 16.8 Å². The topological polar surface area (TPSA) is 74.3 Å². The molecule has 0 bridgehead atoms. The van der Waals surface area contributed by atoms with Gasteiger partial charge in [0.25, 0.3) is 5.91 Å². The zero-order chi connectivity index (χ0) is 22.5. The van der Waals surface area contributed by atoms with Gasteiger partial charge in [-0.1, -0.05) is 54.1 Å². The van der Waals surface area contributed by atoms with Crippen molar-refractivity contribution in [1.29, 1.82) is 0 Å². The van der Waals surface area contributed by atoms with Crippen molar-refractivity contribution in [3.63, 3.8) is 0 Å². The molecule has 3 aromatic carbocycles. The summed E-state index contributed by atoms with van der Waals surface area (Å²) in [6.07, 6.45) is 2.46. The van der Waals surface area contributed by atoms with E-state index in [1.165, 1.54) is 5.56 Å². The van der Waals surface area contributed by atoms with Gasteiger partial charge in [-0.15, -0.1) is 0 Å². The lowest BCUT2D eigenvalue weighted by molar-refractivity contribution is 0.0913. The van der Waals surface area contributed by atoms with Gasteiger partial charge in [0.1, 0.15) is 5.75 Å². The SMILES string of the molecule is CCOc1ccc(-c2ccc(C)cc2)cc1C(=O)NC(CO)Cc1c[nH]c2ccccc12. The van der Waals surface area contributed by atoms with Gasteiger partial charge in [0.05, 0.1) is 24.8 Å². The van der Waals surface area contributed by atoms with Crippen molar-refractivity contribution in [3.8, 4) is 16.9 Å². The van der Waals surface area contributed by atoms with Crippen LogP contribution in [0.4, 0.5) is 0 Å². The molecule has 0 fully saturated rings. The third kappa shape index (κ3) is 4.68. The largest absolute Gasteiger partial charge is 0.493 e. The van der Waals surface area contributed by atoms with Gasteiger partial charge in [-0.3, -0.25) is 4.79 Å². The van der Waals surface area contributed by atoms with Crippen LogP contribution < -0.4 is 10.1 Å². The molecule has 1 heterocycles. The van der Waals surface area contributed by atoms with Crippen LogP contribution in [0, 0.1) is 6.92 Å². The highest BCUT2D eigenvalue weighted by atomic mass is 16.5. The Bertz CT molecular complexity index is 1210. The second-order valence-corrected chi connectivity index (χ2v) is 7.93. The van der Waals surface area contributed by atoms with Crippen LogP contribution in [0.1, 0.15) is 28.4 Å². The van der Waals surface area contributed by atoms with Crippen molar-refractivity contribution in [2.24, 2.45) is 0 Å². The molecule has 164 valence electrons. The van der Waals surface area contributed by atoms with Crippen molar-refractivity contribution in [2.75, 3.05) is 13.2 Å². The Labute approximate surface area is 188 Å². The number of amides is 1. The molecule has 4 aromatic rings. The maximum absolute atomic E-state index is 13.2. The Kier molecular flexibility index (Phi) is 6.57. The third-order valence-corrected chi connectivity index (χ3v) is 5.61. The average Bonchev–Trinajstić information content (AvgIpc) is 3.22. The average molecular weight is 429 g/mol. The second-order valence-electron chi connectivity index (χ2n) is 7.93. The molecule has 1 amide bonds. The van der Waals surface area contributed by atoms with Crippen molar-refractivity contribution < 1.29 is 14.6 Å². The van der Waals surface area contributed by atoms with Crippen LogP contribution in [0.3, 0.4) is 0 Å². The molecule has 0 saturated heterocycles. The zero-order valence-corrected chi connectivity index (χ0v) is 18.4. The number of ether oxygens (including phenoxy) is 1. The van der Waals surface area contributed by atoms with E-state index in [1.807, 2.05) is 74.6 Å². The maximum Gasteiger partial charge on any atom is 0.255 e. The van der Waals surface area contributed by atoms with Crippen LogP contribution in [0.5, 0.6) is 5.75 Å². The van der Waals surface area contributed by atoms with E-state index in [2.05, 4.69) is 22.4 Å². The number of carbonyl (C=O) groups excluding carboxylic acids is 1. The lowest BCUT2D eigenvalue weighted by Gasteiger charge is -2.18. The number of aromatic nitrogens is 1. The fourth-order valence-electron chi connectivity index (χ4n) is 3.90. The number of hydrogen-bond donors (Lipinski definition) is 3. The lowest BCUT2D eigenvalue weighted by atomic mass is 10.0. The molecule has 0 aliphatic rings. The standard InChI is InChI=1S/C27H28N2O3/c1-3-32-26-13-12-20(19-10-8-18(2)9-11-19)15-24(26)27(31)29-22(17-30)14-21-16-28-25-7-5-4-6-23(21)25/h4-13,15-16,22,28,30H,3,14,17H2,1-2H3,(H,29,31). The van der Waals surface area contributed by atoms with Gasteiger partial charge in [-0.05, 0) is 55.2 Å². The number of hydrogen-bond acceptors (Lipinski definition) is 3. The Balaban J connectivity index is 1.58. The minimum atomic E-state index is -0.417. The lowest BCUT2D eigenvalue weighted by Crippen LogP contribution is -2.39. The highest BCUT2D eigenvalue weighted by Crippen LogP contribution is 2.28. The van der Waals surface area contributed by atoms with Crippen LogP contribution in [0.25, 0.3) is 22.0 Å². The number of rotatable bonds is 8. The van der Waals surface area contributed by atoms with Crippen molar-refractivity contribution in [1.82, 2.24) is 10.3 Å². The summed E-state index contributed by atoms with van der Waals surface area (Å²) in [7, 11) is 0. The second kappa shape index (κ2) is 9.71. The highest BCUT2D eigenvalue weighted by molar-refractivity contribution is 5.98. The summed E-state index contributed by atoms with van der Waals surface area (Å²) in [6.45, 7) is 4.24. The first-order valence-corrected chi connectivity index (χ1v) is 10.9. The molecule has 32 heavy (non-hydrogen) atoms. The quantitative estimate of drug-likeness (QED) is 0.375. The van der Waals surface area contributed by atoms with E-state index in [1.54, 1.807) is 0 Å². The van der Waals surface area contributed by atoms with Crippen LogP contribution in [-0.2, 0) is 6.42 Å². The fourth-order valence-corrected chi connectivity index (χ4v) is 3.90. The summed E-state index contributed by atoms with van der Waals surface area (Å²) in [6, 6.07) is 21.4. The number of para-hydroxylation sites is 1. The van der Waals surface area contributed by atoms with Gasteiger partial charge in [0.2, 0.25) is 0 Å². The predicted molar refractivity (Wildman–Crippen MR) is 128 cm³/mol. The fraction of sp³-hybridized carbons (Fsp3) is 0.222. The molecule has 4 rings (SSSR count). The molecule has 0 radical (unpaired) electrons. The molecule has 0 saturated carbocycles. The molecule has 0 aliphatic heterocycles. The van der Waals surface area contributed by atoms with E-state index < -0.39 is 6.04 Å². The number of aromatic amines is 1. The number of fused-ring (bicyclic) bond motifs is 1. The van der Waals surface area contributed by atoms with E-state index in [9.17, 15) is 9.90 Å². The van der Waals surface area contributed by atoms with Gasteiger partial charge >= 0.3 is 0 Å². The van der Waals surface area contributed by atoms with Crippen LogP contribution in [0.15, 0.2) is 72.9 Å². The Morgan fingerprint density at radius 2 is 1.81 bits per heavy atom. The first-order valence-electron chi connectivity index (χ1n) is 10.9. The summed E-state index contributed by atoms with van der Waals surface area (Å²) in [4.78, 5) is 16.5. The third-order valence-electron chi connectivity index (χ3n) is 5.61. The van der Waals surface area contributed by atoms with E-state index >= 15 is 0 Å². The molecule has 5 nitrogen and oxygen atoms in total. The van der Waals surface area contributed by atoms with E-state index in [-0.39, 0.29) is 12.5 Å². The van der Waals surface area contributed by atoms with Crippen LogP contribution in [-0.4, -0.2) is 35.3 Å². The predicted octanol–water partition coefficient (Wildman–Crippen LogP) is 4.88. The van der Waals surface area contributed by atoms with Crippen LogP contribution in [0.2, 0.25) is 0 Å². The number of aliphatic hydroxyl groups is 1. The summed E-state index contributed by atoms with van der Waals surface area (Å²) < 4.78 is 5.72. The smallest absolute Gasteiger partial charge is 0.255 e. The number of H-pyrrole nitrogens is 1. The number of aliphatic hydroxyl groups excluding tert-OH is 1. The summed E-state index contributed by atoms with van der Waals surface area (Å²) in [5, 5.41) is 14.1. The summed E-state index contributed by atoms with van der Waals surface area (Å²) in [5.74, 6) is 0.269. The van der Waals surface area contributed by atoms with E-state index in [4.69, 9.17) is 4.74 Å². The monoisotopic (exact) mass is 428 g/mol. The molecule has 1 atom stereocenters. The van der Waals surface area contributed by atoms with Gasteiger partial charge in [-0.2, -0.15) is 0 Å². The summed E-state index contributed by atoms with van der Waals surface area (Å²) in [5.41, 5.74) is 5.71. The molecule has 0 spiro atoms. The molecule has 3 N–H and O–H groups in total. The molecular weight excluding hydrogens is 400 g/mol. The van der Waals surface area contributed by atoms with E-state index in [0.717, 1.165) is 27.6 Å². The Hall–Kier alpha value is -3.57. The molecule has 5 heteroatoms. The normalized spacial score (nSPS) is 12.0. The van der Waals surface area contributed by atoms with Gasteiger partial charge in [0, 0.05) is 17.1 Å². The van der Waals surface area contributed by atoms with E-state index in [0.29, 0.717) is 24.3 Å². The summed E-state index contributed by atoms with van der Waals surface area (Å²) >= 11 is 0. The number of benzene rings is 3. The van der Waals surface area contributed by atoms with Gasteiger partial charge < -0.3 is 20.1 Å². The number of aryl methyl sites for hydroxylation is 1. The van der Waals surface area contributed by atoms with Gasteiger partial charge in [0.15, 0.2) is 0 Å². The molecular formula is C27H28N2O3. The minimum absolute atomic E-state index is 0.160. The maximum atomic E-state index is 13.2. The first kappa shape index (κ1) is 21.7. The van der Waals surface area contributed by atoms with Crippen molar-refractivity contribution in [3.05, 3.63) is 89.6 Å². The molecule has 1 aromatic heterocycles. The highest BCUT2D eigenvalue weighted by Gasteiger charge is 2.19. The zero-order valence-electron chi connectivity index (χ0n) is 18.4. The molecule has 0 aliphatic carbocycles.